The van der Waals surface area contributed by atoms with Crippen LogP contribution in [0, 0.1) is 11.3 Å². The standard InChI is InChI=1S/C18H20F3N5O3/c1-26-9-8-23-15(26)17(28,18(19,20)21)5-7-24-16(27)25-12-13-3-2-4-14(11-13)29-10-6-22/h2-4,8-9,11,28H,5,7,10,12H2,1H3,(H2,24,25,27). The molecule has 0 aliphatic carbocycles. The maximum absolute atomic E-state index is 13.4. The lowest BCUT2D eigenvalue weighted by atomic mass is 9.97. The minimum atomic E-state index is -4.96. The summed E-state index contributed by atoms with van der Waals surface area (Å²) in [4.78, 5) is 15.5. The second-order valence-corrected chi connectivity index (χ2v) is 6.17. The van der Waals surface area contributed by atoms with Crippen molar-refractivity contribution in [1.82, 2.24) is 20.2 Å². The maximum Gasteiger partial charge on any atom is 0.424 e. The third kappa shape index (κ3) is 5.61. The van der Waals surface area contributed by atoms with Crippen LogP contribution in [0.5, 0.6) is 5.75 Å². The quantitative estimate of drug-likeness (QED) is 0.615. The summed E-state index contributed by atoms with van der Waals surface area (Å²) in [5, 5.41) is 23.5. The molecule has 0 aliphatic rings. The number of halogens is 3. The van der Waals surface area contributed by atoms with Gasteiger partial charge in [-0.2, -0.15) is 18.4 Å². The highest BCUT2D eigenvalue weighted by Gasteiger charge is 2.57. The molecular weight excluding hydrogens is 391 g/mol. The van der Waals surface area contributed by atoms with Gasteiger partial charge >= 0.3 is 12.2 Å². The molecule has 0 bridgehead atoms. The van der Waals surface area contributed by atoms with Gasteiger partial charge in [0.1, 0.15) is 17.6 Å². The van der Waals surface area contributed by atoms with Gasteiger partial charge in [-0.15, -0.1) is 0 Å². The van der Waals surface area contributed by atoms with Crippen LogP contribution < -0.4 is 15.4 Å². The van der Waals surface area contributed by atoms with E-state index in [0.717, 1.165) is 10.8 Å². The second-order valence-electron chi connectivity index (χ2n) is 6.17. The van der Waals surface area contributed by atoms with Crippen molar-refractivity contribution in [3.05, 3.63) is 48.0 Å². The van der Waals surface area contributed by atoms with E-state index in [-0.39, 0.29) is 13.2 Å². The van der Waals surface area contributed by atoms with Crippen LogP contribution in [0.4, 0.5) is 18.0 Å². The van der Waals surface area contributed by atoms with E-state index in [1.54, 1.807) is 24.3 Å². The highest BCUT2D eigenvalue weighted by molar-refractivity contribution is 5.73. The summed E-state index contributed by atoms with van der Waals surface area (Å²) in [5.41, 5.74) is -2.51. The number of nitrogens with one attached hydrogen (secondary N) is 2. The van der Waals surface area contributed by atoms with Gasteiger partial charge in [0, 0.05) is 39.0 Å². The Balaban J connectivity index is 1.89. The van der Waals surface area contributed by atoms with Crippen LogP contribution in [-0.2, 0) is 19.2 Å². The third-order valence-electron chi connectivity index (χ3n) is 4.09. The molecule has 3 N–H and O–H groups in total. The Labute approximate surface area is 164 Å². The molecule has 1 heterocycles. The third-order valence-corrected chi connectivity index (χ3v) is 4.09. The number of benzene rings is 1. The summed E-state index contributed by atoms with van der Waals surface area (Å²) < 4.78 is 46.4. The lowest BCUT2D eigenvalue weighted by molar-refractivity contribution is -0.272. The Morgan fingerprint density at radius 2 is 2.14 bits per heavy atom. The van der Waals surface area contributed by atoms with Gasteiger partial charge in [0.15, 0.2) is 6.61 Å². The van der Waals surface area contributed by atoms with E-state index in [4.69, 9.17) is 10.00 Å². The molecule has 0 fully saturated rings. The van der Waals surface area contributed by atoms with E-state index in [9.17, 15) is 23.1 Å². The summed E-state index contributed by atoms with van der Waals surface area (Å²) in [6.45, 7) is -0.450. The Bertz CT molecular complexity index is 878. The molecule has 8 nitrogen and oxygen atoms in total. The van der Waals surface area contributed by atoms with Crippen molar-refractivity contribution in [2.45, 2.75) is 24.7 Å². The molecule has 0 saturated carbocycles. The number of alkyl halides is 3. The zero-order valence-corrected chi connectivity index (χ0v) is 15.5. The molecule has 0 aliphatic heterocycles. The summed E-state index contributed by atoms with van der Waals surface area (Å²) in [5.74, 6) is -0.0991. The average Bonchev–Trinajstić information content (AvgIpc) is 3.10. The van der Waals surface area contributed by atoms with Crippen molar-refractivity contribution in [2.24, 2.45) is 7.05 Å². The molecule has 29 heavy (non-hydrogen) atoms. The zero-order valence-electron chi connectivity index (χ0n) is 15.5. The summed E-state index contributed by atoms with van der Waals surface area (Å²) >= 11 is 0. The number of ether oxygens (including phenoxy) is 1. The molecule has 2 amide bonds. The van der Waals surface area contributed by atoms with Gasteiger partial charge in [0.05, 0.1) is 0 Å². The summed E-state index contributed by atoms with van der Waals surface area (Å²) in [6, 6.07) is 7.81. The first kappa shape index (κ1) is 22.0. The van der Waals surface area contributed by atoms with Gasteiger partial charge in [-0.3, -0.25) is 0 Å². The van der Waals surface area contributed by atoms with E-state index in [0.29, 0.717) is 11.3 Å². The number of rotatable bonds is 8. The molecule has 2 aromatic rings. The van der Waals surface area contributed by atoms with E-state index >= 15 is 0 Å². The molecule has 1 aromatic carbocycles. The zero-order chi connectivity index (χ0) is 21.5. The van der Waals surface area contributed by atoms with Crippen LogP contribution in [0.15, 0.2) is 36.7 Å². The second kappa shape index (κ2) is 9.29. The largest absolute Gasteiger partial charge is 0.479 e. The molecule has 156 valence electrons. The topological polar surface area (TPSA) is 112 Å². The SMILES string of the molecule is Cn1ccnc1C(O)(CCNC(=O)NCc1cccc(OCC#N)c1)C(F)(F)F. The number of hydrogen-bond acceptors (Lipinski definition) is 5. The van der Waals surface area contributed by atoms with Crippen molar-refractivity contribution in [2.75, 3.05) is 13.2 Å². The van der Waals surface area contributed by atoms with Crippen molar-refractivity contribution >= 4 is 6.03 Å². The van der Waals surface area contributed by atoms with Gasteiger partial charge in [-0.1, -0.05) is 12.1 Å². The maximum atomic E-state index is 13.4. The number of carbonyl (C=O) groups is 1. The highest BCUT2D eigenvalue weighted by Crippen LogP contribution is 2.40. The predicted octanol–water partition coefficient (Wildman–Crippen LogP) is 1.96. The van der Waals surface area contributed by atoms with Gasteiger partial charge in [0.25, 0.3) is 0 Å². The molecule has 0 saturated heterocycles. The van der Waals surface area contributed by atoms with E-state index in [1.807, 2.05) is 6.07 Å². The lowest BCUT2D eigenvalue weighted by Gasteiger charge is -2.29. The first-order chi connectivity index (χ1) is 13.7. The highest BCUT2D eigenvalue weighted by atomic mass is 19.4. The number of hydrogen-bond donors (Lipinski definition) is 3. The van der Waals surface area contributed by atoms with Crippen molar-refractivity contribution in [3.63, 3.8) is 0 Å². The summed E-state index contributed by atoms with van der Waals surface area (Å²) in [6.07, 6.45) is -3.32. The molecule has 11 heteroatoms. The summed E-state index contributed by atoms with van der Waals surface area (Å²) in [7, 11) is 1.34. The fraction of sp³-hybridized carbons (Fsp3) is 0.389. The van der Waals surface area contributed by atoms with Crippen LogP contribution in [0.3, 0.4) is 0 Å². The van der Waals surface area contributed by atoms with Crippen LogP contribution in [0.2, 0.25) is 0 Å². The van der Waals surface area contributed by atoms with Crippen LogP contribution in [0.25, 0.3) is 0 Å². The number of amides is 2. The van der Waals surface area contributed by atoms with Crippen LogP contribution >= 0.6 is 0 Å². The Hall–Kier alpha value is -3.26. The normalized spacial score (nSPS) is 13.2. The number of aryl methyl sites for hydroxylation is 1. The molecule has 1 aromatic heterocycles. The number of nitriles is 1. The molecular formula is C18H20F3N5O3. The van der Waals surface area contributed by atoms with Crippen molar-refractivity contribution in [1.29, 1.82) is 5.26 Å². The number of carbonyl (C=O) groups excluding carboxylic acids is 1. The smallest absolute Gasteiger partial charge is 0.424 e. The minimum absolute atomic E-state index is 0.0957. The fourth-order valence-electron chi connectivity index (χ4n) is 2.61. The lowest BCUT2D eigenvalue weighted by Crippen LogP contribution is -2.47. The van der Waals surface area contributed by atoms with Gasteiger partial charge in [0.2, 0.25) is 5.60 Å². The molecule has 1 unspecified atom stereocenters. The van der Waals surface area contributed by atoms with E-state index in [1.165, 1.54) is 13.2 Å². The minimum Gasteiger partial charge on any atom is -0.479 e. The number of aromatic nitrogens is 2. The van der Waals surface area contributed by atoms with Gasteiger partial charge in [-0.05, 0) is 17.7 Å². The number of imidazole rings is 1. The Kier molecular flexibility index (Phi) is 7.06. The van der Waals surface area contributed by atoms with Gasteiger partial charge < -0.3 is 25.0 Å². The predicted molar refractivity (Wildman–Crippen MR) is 95.6 cm³/mol. The van der Waals surface area contributed by atoms with E-state index in [2.05, 4.69) is 15.6 Å². The van der Waals surface area contributed by atoms with Crippen molar-refractivity contribution in [3.8, 4) is 11.8 Å². The van der Waals surface area contributed by atoms with Crippen LogP contribution in [-0.4, -0.2) is 40.0 Å². The van der Waals surface area contributed by atoms with E-state index < -0.39 is 36.6 Å². The number of aliphatic hydroxyl groups is 1. The van der Waals surface area contributed by atoms with Crippen molar-refractivity contribution < 1.29 is 27.8 Å². The molecule has 0 radical (unpaired) electrons. The average molecular weight is 411 g/mol. The molecule has 1 atom stereocenters. The first-order valence-electron chi connectivity index (χ1n) is 8.54. The Morgan fingerprint density at radius 1 is 1.38 bits per heavy atom. The fourth-order valence-corrected chi connectivity index (χ4v) is 2.61. The number of urea groups is 1. The number of nitrogens with zero attached hydrogens (tertiary/aromatic N) is 3. The van der Waals surface area contributed by atoms with Gasteiger partial charge in [-0.25, -0.2) is 9.78 Å². The molecule has 0 spiro atoms. The van der Waals surface area contributed by atoms with Crippen LogP contribution in [0.1, 0.15) is 17.8 Å². The first-order valence-corrected chi connectivity index (χ1v) is 8.54. The monoisotopic (exact) mass is 411 g/mol. The Morgan fingerprint density at radius 3 is 2.76 bits per heavy atom. The molecule has 2 rings (SSSR count).